The minimum absolute atomic E-state index is 0.148. The molecule has 26 heavy (non-hydrogen) atoms. The molecule has 0 aliphatic carbocycles. The van der Waals surface area contributed by atoms with Gasteiger partial charge in [0.05, 0.1) is 22.3 Å². The number of anilines is 1. The fourth-order valence-corrected chi connectivity index (χ4v) is 4.41. The quantitative estimate of drug-likeness (QED) is 0.622. The molecule has 4 rings (SSSR count). The van der Waals surface area contributed by atoms with Gasteiger partial charge in [0.25, 0.3) is 5.56 Å². The Kier molecular flexibility index (Phi) is 5.55. The van der Waals surface area contributed by atoms with Crippen molar-refractivity contribution in [3.8, 4) is 6.07 Å². The van der Waals surface area contributed by atoms with Gasteiger partial charge in [0.1, 0.15) is 0 Å². The number of aromatic amines is 1. The van der Waals surface area contributed by atoms with Crippen LogP contribution in [0.2, 0.25) is 5.02 Å². The van der Waals surface area contributed by atoms with Crippen molar-refractivity contribution in [2.75, 3.05) is 10.8 Å². The van der Waals surface area contributed by atoms with Gasteiger partial charge >= 0.3 is 0 Å². The summed E-state index contributed by atoms with van der Waals surface area (Å²) in [4.78, 5) is 15.6. The number of aromatic nitrogens is 1. The molecule has 0 spiro atoms. The van der Waals surface area contributed by atoms with Crippen LogP contribution in [0, 0.1) is 11.3 Å². The average Bonchev–Trinajstić information content (AvgIpc) is 3.08. The van der Waals surface area contributed by atoms with Crippen molar-refractivity contribution < 1.29 is 0 Å². The third-order valence-electron chi connectivity index (χ3n) is 4.12. The van der Waals surface area contributed by atoms with Crippen LogP contribution in [-0.4, -0.2) is 11.5 Å². The van der Waals surface area contributed by atoms with E-state index in [0.717, 1.165) is 28.9 Å². The molecule has 0 bridgehead atoms. The number of pyridine rings is 1. The number of halogens is 1. The maximum Gasteiger partial charge on any atom is 0.255 e. The monoisotopic (exact) mass is 383 g/mol. The molecule has 0 radical (unpaired) electrons. The number of H-pyrrole nitrogens is 1. The summed E-state index contributed by atoms with van der Waals surface area (Å²) in [6, 6.07) is 13.6. The van der Waals surface area contributed by atoms with Gasteiger partial charge in [-0.25, -0.2) is 0 Å². The van der Waals surface area contributed by atoms with Crippen molar-refractivity contribution >= 4 is 40.0 Å². The van der Waals surface area contributed by atoms with Crippen LogP contribution in [0.3, 0.4) is 0 Å². The Hall–Kier alpha value is -2.42. The lowest BCUT2D eigenvalue weighted by atomic mass is 10.1. The van der Waals surface area contributed by atoms with Gasteiger partial charge in [-0.05, 0) is 48.2 Å². The SMILES string of the molecule is CC.N#Cc1ccc2c(c1)N(Sc1cccc3c(=O)[nH]cc(Cl)c13)CC2. The van der Waals surface area contributed by atoms with Gasteiger partial charge in [0.2, 0.25) is 0 Å². The molecular weight excluding hydrogens is 366 g/mol. The fraction of sp³-hybridized carbons (Fsp3) is 0.200. The summed E-state index contributed by atoms with van der Waals surface area (Å²) >= 11 is 7.87. The highest BCUT2D eigenvalue weighted by molar-refractivity contribution is 8.00. The first-order valence-electron chi connectivity index (χ1n) is 8.46. The molecule has 2 heterocycles. The van der Waals surface area contributed by atoms with Crippen molar-refractivity contribution in [1.29, 1.82) is 5.26 Å². The fourth-order valence-electron chi connectivity index (χ4n) is 2.95. The zero-order valence-electron chi connectivity index (χ0n) is 14.5. The maximum atomic E-state index is 12.0. The van der Waals surface area contributed by atoms with E-state index in [-0.39, 0.29) is 5.56 Å². The molecule has 4 nitrogen and oxygen atoms in total. The molecule has 6 heteroatoms. The molecule has 2 aromatic carbocycles. The van der Waals surface area contributed by atoms with Crippen LogP contribution in [0.1, 0.15) is 25.0 Å². The van der Waals surface area contributed by atoms with E-state index < -0.39 is 0 Å². The molecule has 0 amide bonds. The lowest BCUT2D eigenvalue weighted by molar-refractivity contribution is 1.05. The zero-order chi connectivity index (χ0) is 18.7. The van der Waals surface area contributed by atoms with Crippen molar-refractivity contribution in [3.05, 3.63) is 69.1 Å². The zero-order valence-corrected chi connectivity index (χ0v) is 16.1. The average molecular weight is 384 g/mol. The number of nitrogens with zero attached hydrogens (tertiary/aromatic N) is 2. The van der Waals surface area contributed by atoms with Crippen molar-refractivity contribution in [2.24, 2.45) is 0 Å². The minimum atomic E-state index is -0.148. The smallest absolute Gasteiger partial charge is 0.255 e. The number of rotatable bonds is 2. The van der Waals surface area contributed by atoms with E-state index in [4.69, 9.17) is 16.9 Å². The van der Waals surface area contributed by atoms with Crippen LogP contribution in [0.25, 0.3) is 10.8 Å². The second-order valence-corrected chi connectivity index (χ2v) is 7.01. The maximum absolute atomic E-state index is 12.0. The first-order chi connectivity index (χ1) is 12.7. The Morgan fingerprint density at radius 3 is 2.85 bits per heavy atom. The first-order valence-corrected chi connectivity index (χ1v) is 9.61. The molecule has 0 saturated carbocycles. The molecule has 0 unspecified atom stereocenters. The van der Waals surface area contributed by atoms with Crippen molar-refractivity contribution in [1.82, 2.24) is 4.98 Å². The molecule has 1 aliphatic rings. The predicted octanol–water partition coefficient (Wildman–Crippen LogP) is 5.15. The number of nitrogens with one attached hydrogen (secondary N) is 1. The molecule has 1 aromatic heterocycles. The van der Waals surface area contributed by atoms with E-state index in [0.29, 0.717) is 16.0 Å². The summed E-state index contributed by atoms with van der Waals surface area (Å²) < 4.78 is 2.16. The third kappa shape index (κ3) is 3.31. The van der Waals surface area contributed by atoms with Gasteiger partial charge in [-0.2, -0.15) is 5.26 Å². The Morgan fingerprint density at radius 1 is 1.27 bits per heavy atom. The summed E-state index contributed by atoms with van der Waals surface area (Å²) in [6.45, 7) is 4.85. The van der Waals surface area contributed by atoms with Gasteiger partial charge in [-0.3, -0.25) is 4.79 Å². The molecule has 0 fully saturated rings. The number of fused-ring (bicyclic) bond motifs is 2. The third-order valence-corrected chi connectivity index (χ3v) is 5.55. The van der Waals surface area contributed by atoms with Gasteiger partial charge < -0.3 is 9.29 Å². The normalized spacial score (nSPS) is 12.3. The van der Waals surface area contributed by atoms with Crippen molar-refractivity contribution in [2.45, 2.75) is 25.2 Å². The molecule has 132 valence electrons. The van der Waals surface area contributed by atoms with E-state index in [1.54, 1.807) is 18.0 Å². The molecule has 1 aliphatic heterocycles. The highest BCUT2D eigenvalue weighted by Gasteiger charge is 2.22. The molecule has 0 atom stereocenters. The number of nitriles is 1. The lowest BCUT2D eigenvalue weighted by Crippen LogP contribution is -2.11. The summed E-state index contributed by atoms with van der Waals surface area (Å²) in [6.07, 6.45) is 2.47. The van der Waals surface area contributed by atoms with Crippen LogP contribution in [0.15, 0.2) is 52.3 Å². The predicted molar refractivity (Wildman–Crippen MR) is 109 cm³/mol. The molecular formula is C20H18ClN3OS. The Bertz CT molecular complexity index is 1060. The van der Waals surface area contributed by atoms with Crippen LogP contribution >= 0.6 is 23.5 Å². The summed E-state index contributed by atoms with van der Waals surface area (Å²) in [7, 11) is 0. The summed E-state index contributed by atoms with van der Waals surface area (Å²) in [5.41, 5.74) is 2.78. The number of hydrogen-bond acceptors (Lipinski definition) is 4. The van der Waals surface area contributed by atoms with Crippen molar-refractivity contribution in [3.63, 3.8) is 0 Å². The number of hydrogen-bond donors (Lipinski definition) is 1. The van der Waals surface area contributed by atoms with Gasteiger partial charge in [-0.15, -0.1) is 0 Å². The standard InChI is InChI=1S/C18H12ClN3OS.C2H6/c19-14-10-21-18(23)13-2-1-3-16(17(13)14)24-22-7-6-12-5-4-11(9-20)8-15(12)22;1-2/h1-5,8,10H,6-7H2,(H,21,23);1-2H3. The topological polar surface area (TPSA) is 59.9 Å². The highest BCUT2D eigenvalue weighted by atomic mass is 35.5. The molecule has 0 saturated heterocycles. The van der Waals surface area contributed by atoms with Gasteiger partial charge in [0, 0.05) is 28.4 Å². The summed E-state index contributed by atoms with van der Waals surface area (Å²) in [5, 5.41) is 11.0. The lowest BCUT2D eigenvalue weighted by Gasteiger charge is -2.19. The van der Waals surface area contributed by atoms with E-state index in [2.05, 4.69) is 15.4 Å². The van der Waals surface area contributed by atoms with Gasteiger partial charge in [0.15, 0.2) is 0 Å². The molecule has 3 aromatic rings. The Labute approximate surface area is 161 Å². The van der Waals surface area contributed by atoms with E-state index in [9.17, 15) is 4.79 Å². The number of benzene rings is 2. The molecule has 1 N–H and O–H groups in total. The minimum Gasteiger partial charge on any atom is -0.327 e. The Morgan fingerprint density at radius 2 is 2.08 bits per heavy atom. The van der Waals surface area contributed by atoms with Crippen LogP contribution in [-0.2, 0) is 6.42 Å². The summed E-state index contributed by atoms with van der Waals surface area (Å²) in [5.74, 6) is 0. The Balaban J connectivity index is 0.000000948. The van der Waals surface area contributed by atoms with E-state index in [1.165, 1.54) is 11.8 Å². The second kappa shape index (κ2) is 7.86. The second-order valence-electron chi connectivity index (χ2n) is 5.54. The highest BCUT2D eigenvalue weighted by Crippen LogP contribution is 2.40. The van der Waals surface area contributed by atoms with Gasteiger partial charge in [-0.1, -0.05) is 37.6 Å². The van der Waals surface area contributed by atoms with E-state index in [1.807, 2.05) is 44.2 Å². The van der Waals surface area contributed by atoms with E-state index >= 15 is 0 Å². The van der Waals surface area contributed by atoms with Crippen LogP contribution in [0.5, 0.6) is 0 Å². The first kappa shape index (κ1) is 18.4. The van der Waals surface area contributed by atoms with Crippen LogP contribution < -0.4 is 9.86 Å². The van der Waals surface area contributed by atoms with Crippen LogP contribution in [0.4, 0.5) is 5.69 Å². The largest absolute Gasteiger partial charge is 0.327 e.